The fourth-order valence-electron chi connectivity index (χ4n) is 1.66. The summed E-state index contributed by atoms with van der Waals surface area (Å²) in [6, 6.07) is 4.93. The fraction of sp³-hybridized carbons (Fsp3) is 0.167. The number of aromatic carboxylic acids is 1. The summed E-state index contributed by atoms with van der Waals surface area (Å²) in [6.07, 6.45) is 3.36. The Bertz CT molecular complexity index is 561. The molecular weight excluding hydrogens is 220 g/mol. The van der Waals surface area contributed by atoms with Crippen LogP contribution in [0.25, 0.3) is 5.69 Å². The molecule has 5 heteroatoms. The van der Waals surface area contributed by atoms with Crippen LogP contribution in [0.1, 0.15) is 16.2 Å². The van der Waals surface area contributed by atoms with Crippen LogP contribution in [0.2, 0.25) is 0 Å². The molecule has 1 N–H and O–H groups in total. The highest BCUT2D eigenvalue weighted by Gasteiger charge is 2.14. The van der Waals surface area contributed by atoms with Crippen LogP contribution < -0.4 is 4.74 Å². The molecule has 1 aromatic carbocycles. The van der Waals surface area contributed by atoms with Crippen molar-refractivity contribution in [2.75, 3.05) is 7.11 Å². The summed E-state index contributed by atoms with van der Waals surface area (Å²) in [4.78, 5) is 15.3. The minimum absolute atomic E-state index is 0.186. The molecule has 1 aromatic heterocycles. The maximum atomic E-state index is 11.2. The topological polar surface area (TPSA) is 64.4 Å². The van der Waals surface area contributed by atoms with Crippen LogP contribution in [0, 0.1) is 6.92 Å². The number of hydrogen-bond acceptors (Lipinski definition) is 3. The molecule has 2 rings (SSSR count). The summed E-state index contributed by atoms with van der Waals surface area (Å²) in [5.74, 6) is 0.258. The molecule has 0 unspecified atom stereocenters. The summed E-state index contributed by atoms with van der Waals surface area (Å²) in [6.45, 7) is 1.82. The van der Waals surface area contributed by atoms with Crippen LogP contribution >= 0.6 is 0 Å². The van der Waals surface area contributed by atoms with Gasteiger partial charge in [-0.3, -0.25) is 0 Å². The van der Waals surface area contributed by atoms with Gasteiger partial charge in [0.05, 0.1) is 18.4 Å². The first-order valence-electron chi connectivity index (χ1n) is 5.05. The number of imidazole rings is 1. The van der Waals surface area contributed by atoms with Crippen molar-refractivity contribution >= 4 is 5.97 Å². The summed E-state index contributed by atoms with van der Waals surface area (Å²) in [5, 5.41) is 9.19. The lowest BCUT2D eigenvalue weighted by Gasteiger charge is -2.10. The molecule has 0 amide bonds. The predicted molar refractivity (Wildman–Crippen MR) is 61.8 cm³/mol. The Kier molecular flexibility index (Phi) is 2.82. The average molecular weight is 232 g/mol. The van der Waals surface area contributed by atoms with E-state index in [-0.39, 0.29) is 5.56 Å². The van der Waals surface area contributed by atoms with Gasteiger partial charge in [0, 0.05) is 12.4 Å². The van der Waals surface area contributed by atoms with E-state index in [1.807, 2.05) is 6.92 Å². The molecule has 0 radical (unpaired) electrons. The maximum absolute atomic E-state index is 11.2. The lowest BCUT2D eigenvalue weighted by Crippen LogP contribution is -2.06. The minimum Gasteiger partial charge on any atom is -0.497 e. The van der Waals surface area contributed by atoms with Crippen molar-refractivity contribution in [1.82, 2.24) is 9.55 Å². The van der Waals surface area contributed by atoms with Crippen molar-refractivity contribution in [1.29, 1.82) is 0 Å². The van der Waals surface area contributed by atoms with Crippen LogP contribution in [0.5, 0.6) is 5.75 Å². The number of carboxylic acid groups (broad SMARTS) is 1. The Hall–Kier alpha value is -2.30. The van der Waals surface area contributed by atoms with Crippen LogP contribution in [0.4, 0.5) is 0 Å². The number of rotatable bonds is 3. The van der Waals surface area contributed by atoms with Gasteiger partial charge in [-0.1, -0.05) is 0 Å². The Morgan fingerprint density at radius 1 is 1.47 bits per heavy atom. The summed E-state index contributed by atoms with van der Waals surface area (Å²) >= 11 is 0. The molecule has 17 heavy (non-hydrogen) atoms. The lowest BCUT2D eigenvalue weighted by molar-refractivity contribution is 0.0696. The van der Waals surface area contributed by atoms with E-state index in [1.165, 1.54) is 13.2 Å². The van der Waals surface area contributed by atoms with E-state index in [2.05, 4.69) is 4.98 Å². The molecule has 5 nitrogen and oxygen atoms in total. The number of ether oxygens (including phenoxy) is 1. The first-order valence-corrected chi connectivity index (χ1v) is 5.05. The average Bonchev–Trinajstić information content (AvgIpc) is 2.74. The van der Waals surface area contributed by atoms with Gasteiger partial charge in [-0.25, -0.2) is 9.78 Å². The van der Waals surface area contributed by atoms with E-state index in [4.69, 9.17) is 4.74 Å². The number of carbonyl (C=O) groups is 1. The molecule has 0 saturated carbocycles. The van der Waals surface area contributed by atoms with Gasteiger partial charge >= 0.3 is 5.97 Å². The van der Waals surface area contributed by atoms with E-state index in [0.29, 0.717) is 11.4 Å². The van der Waals surface area contributed by atoms with Gasteiger partial charge in [0.25, 0.3) is 0 Å². The third-order valence-electron chi connectivity index (χ3n) is 2.52. The Labute approximate surface area is 98.3 Å². The van der Waals surface area contributed by atoms with Crippen LogP contribution in [-0.4, -0.2) is 27.7 Å². The molecular formula is C12H12N2O3. The van der Waals surface area contributed by atoms with E-state index in [1.54, 1.807) is 29.1 Å². The zero-order chi connectivity index (χ0) is 12.4. The van der Waals surface area contributed by atoms with E-state index >= 15 is 0 Å². The number of hydrogen-bond donors (Lipinski definition) is 1. The molecule has 0 atom stereocenters. The quantitative estimate of drug-likeness (QED) is 0.877. The predicted octanol–water partition coefficient (Wildman–Crippen LogP) is 1.89. The monoisotopic (exact) mass is 232 g/mol. The molecule has 0 aliphatic heterocycles. The van der Waals surface area contributed by atoms with Gasteiger partial charge in [-0.2, -0.15) is 0 Å². The fourth-order valence-corrected chi connectivity index (χ4v) is 1.66. The highest BCUT2D eigenvalue weighted by atomic mass is 16.5. The second kappa shape index (κ2) is 4.29. The molecule has 2 aromatic rings. The zero-order valence-electron chi connectivity index (χ0n) is 9.54. The summed E-state index contributed by atoms with van der Waals surface area (Å²) < 4.78 is 6.74. The largest absolute Gasteiger partial charge is 0.497 e. The van der Waals surface area contributed by atoms with Crippen molar-refractivity contribution in [3.05, 3.63) is 42.0 Å². The second-order valence-corrected chi connectivity index (χ2v) is 3.53. The summed E-state index contributed by atoms with van der Waals surface area (Å²) in [5.41, 5.74) is 0.763. The third-order valence-corrected chi connectivity index (χ3v) is 2.52. The first kappa shape index (κ1) is 11.2. The Morgan fingerprint density at radius 3 is 2.76 bits per heavy atom. The molecule has 0 aliphatic carbocycles. The van der Waals surface area contributed by atoms with E-state index in [9.17, 15) is 9.90 Å². The number of aryl methyl sites for hydroxylation is 1. The number of benzene rings is 1. The molecule has 0 aliphatic rings. The van der Waals surface area contributed by atoms with Crippen molar-refractivity contribution in [2.24, 2.45) is 0 Å². The molecule has 0 bridgehead atoms. The SMILES string of the molecule is COc1ccc(-n2ccnc2C)c(C(=O)O)c1. The highest BCUT2D eigenvalue weighted by Crippen LogP contribution is 2.22. The van der Waals surface area contributed by atoms with E-state index in [0.717, 1.165) is 5.82 Å². The molecule has 0 spiro atoms. The first-order chi connectivity index (χ1) is 8.13. The van der Waals surface area contributed by atoms with Gasteiger partial charge in [0.2, 0.25) is 0 Å². The smallest absolute Gasteiger partial charge is 0.337 e. The summed E-state index contributed by atoms with van der Waals surface area (Å²) in [7, 11) is 1.50. The van der Waals surface area contributed by atoms with Gasteiger partial charge in [-0.15, -0.1) is 0 Å². The molecule has 0 saturated heterocycles. The molecule has 88 valence electrons. The van der Waals surface area contributed by atoms with Crippen LogP contribution in [0.15, 0.2) is 30.6 Å². The number of carboxylic acids is 1. The number of aromatic nitrogens is 2. The Balaban J connectivity index is 2.62. The van der Waals surface area contributed by atoms with Crippen LogP contribution in [0.3, 0.4) is 0 Å². The lowest BCUT2D eigenvalue weighted by atomic mass is 10.1. The van der Waals surface area contributed by atoms with Crippen molar-refractivity contribution < 1.29 is 14.6 Å². The number of nitrogens with zero attached hydrogens (tertiary/aromatic N) is 2. The van der Waals surface area contributed by atoms with Crippen molar-refractivity contribution in [2.45, 2.75) is 6.92 Å². The molecule has 0 fully saturated rings. The maximum Gasteiger partial charge on any atom is 0.337 e. The van der Waals surface area contributed by atoms with Gasteiger partial charge in [0.15, 0.2) is 0 Å². The van der Waals surface area contributed by atoms with Gasteiger partial charge in [0.1, 0.15) is 11.6 Å². The normalized spacial score (nSPS) is 10.2. The second-order valence-electron chi connectivity index (χ2n) is 3.53. The standard InChI is InChI=1S/C12H12N2O3/c1-8-13-5-6-14(8)11-4-3-9(17-2)7-10(11)12(15)16/h3-7H,1-2H3,(H,15,16). The van der Waals surface area contributed by atoms with Crippen LogP contribution in [-0.2, 0) is 0 Å². The third kappa shape index (κ3) is 1.99. The number of methoxy groups -OCH3 is 1. The van der Waals surface area contributed by atoms with E-state index < -0.39 is 5.97 Å². The van der Waals surface area contributed by atoms with Crippen molar-refractivity contribution in [3.63, 3.8) is 0 Å². The Morgan fingerprint density at radius 2 is 2.24 bits per heavy atom. The van der Waals surface area contributed by atoms with Gasteiger partial charge < -0.3 is 14.4 Å². The molecule has 1 heterocycles. The highest BCUT2D eigenvalue weighted by molar-refractivity contribution is 5.92. The van der Waals surface area contributed by atoms with Crippen molar-refractivity contribution in [3.8, 4) is 11.4 Å². The zero-order valence-corrected chi connectivity index (χ0v) is 9.54. The minimum atomic E-state index is -0.994. The van der Waals surface area contributed by atoms with Gasteiger partial charge in [-0.05, 0) is 25.1 Å².